The Kier molecular flexibility index (Phi) is 5.10. The molecule has 4 rings (SSSR count). The number of sulfone groups is 1. The first kappa shape index (κ1) is 19.2. The quantitative estimate of drug-likeness (QED) is 0.618. The van der Waals surface area contributed by atoms with Crippen LogP contribution in [-0.4, -0.2) is 38.7 Å². The number of amides is 1. The number of para-hydroxylation sites is 1. The van der Waals surface area contributed by atoms with Gasteiger partial charge in [0, 0.05) is 17.8 Å². The molecule has 29 heavy (non-hydrogen) atoms. The van der Waals surface area contributed by atoms with Crippen LogP contribution in [0.5, 0.6) is 5.75 Å². The van der Waals surface area contributed by atoms with Gasteiger partial charge >= 0.3 is 0 Å². The summed E-state index contributed by atoms with van der Waals surface area (Å²) >= 11 is 0. The van der Waals surface area contributed by atoms with Crippen molar-refractivity contribution in [3.05, 3.63) is 66.1 Å². The summed E-state index contributed by atoms with van der Waals surface area (Å²) in [6.45, 7) is 0.499. The van der Waals surface area contributed by atoms with Gasteiger partial charge in [-0.25, -0.2) is 13.4 Å². The van der Waals surface area contributed by atoms with Gasteiger partial charge in [0.15, 0.2) is 9.84 Å². The third-order valence-electron chi connectivity index (χ3n) is 4.79. The third-order valence-corrected chi connectivity index (χ3v) is 6.21. The number of ether oxygens (including phenoxy) is 1. The average molecular weight is 412 g/mol. The first-order chi connectivity index (χ1) is 13.9. The maximum atomic E-state index is 12.6. The lowest BCUT2D eigenvalue weighted by atomic mass is 10.2. The van der Waals surface area contributed by atoms with Crippen molar-refractivity contribution in [3.63, 3.8) is 0 Å². The molecule has 1 aliphatic heterocycles. The number of fused-ring (bicyclic) bond motifs is 1. The van der Waals surface area contributed by atoms with Crippen molar-refractivity contribution < 1.29 is 22.4 Å². The maximum Gasteiger partial charge on any atom is 0.242 e. The number of benzene rings is 2. The van der Waals surface area contributed by atoms with Crippen molar-refractivity contribution in [2.75, 3.05) is 24.3 Å². The second-order valence-electron chi connectivity index (χ2n) is 6.83. The lowest BCUT2D eigenvalue weighted by Crippen LogP contribution is -2.34. The molecule has 0 atom stereocenters. The van der Waals surface area contributed by atoms with E-state index in [1.54, 1.807) is 36.3 Å². The minimum absolute atomic E-state index is 0.269. The van der Waals surface area contributed by atoms with Gasteiger partial charge in [-0.3, -0.25) is 4.79 Å². The van der Waals surface area contributed by atoms with Crippen LogP contribution in [0.25, 0.3) is 11.5 Å². The van der Waals surface area contributed by atoms with E-state index in [0.29, 0.717) is 23.7 Å². The monoisotopic (exact) mass is 412 g/mol. The van der Waals surface area contributed by atoms with Crippen LogP contribution in [0.2, 0.25) is 0 Å². The predicted molar refractivity (Wildman–Crippen MR) is 108 cm³/mol. The van der Waals surface area contributed by atoms with Crippen LogP contribution in [0.15, 0.2) is 59.2 Å². The van der Waals surface area contributed by atoms with Crippen LogP contribution in [0.3, 0.4) is 0 Å². The summed E-state index contributed by atoms with van der Waals surface area (Å²) in [5.41, 5.74) is 2.82. The molecule has 1 aliphatic rings. The molecule has 8 heteroatoms. The van der Waals surface area contributed by atoms with Gasteiger partial charge in [0.05, 0.1) is 18.6 Å². The molecule has 0 radical (unpaired) electrons. The highest BCUT2D eigenvalue weighted by Gasteiger charge is 2.28. The van der Waals surface area contributed by atoms with Gasteiger partial charge in [-0.1, -0.05) is 18.2 Å². The van der Waals surface area contributed by atoms with Crippen molar-refractivity contribution >= 4 is 21.4 Å². The Balaban J connectivity index is 1.44. The molecular formula is C21H20N2O5S. The molecule has 0 fully saturated rings. The Morgan fingerprint density at radius 3 is 2.69 bits per heavy atom. The van der Waals surface area contributed by atoms with E-state index in [-0.39, 0.29) is 11.4 Å². The van der Waals surface area contributed by atoms with Crippen LogP contribution in [0.1, 0.15) is 11.3 Å². The SMILES string of the molecule is COc1ccc(-c2nc(CS(=O)(=O)CC(=O)N3CCc4ccccc43)co2)cc1. The number of aromatic nitrogens is 1. The minimum atomic E-state index is -3.69. The van der Waals surface area contributed by atoms with Gasteiger partial charge in [0.25, 0.3) is 0 Å². The van der Waals surface area contributed by atoms with E-state index in [1.165, 1.54) is 6.26 Å². The van der Waals surface area contributed by atoms with Crippen molar-refractivity contribution in [1.29, 1.82) is 0 Å². The van der Waals surface area contributed by atoms with E-state index in [0.717, 1.165) is 17.7 Å². The first-order valence-corrected chi connectivity index (χ1v) is 10.9. The molecule has 1 amide bonds. The lowest BCUT2D eigenvalue weighted by molar-refractivity contribution is -0.116. The maximum absolute atomic E-state index is 12.6. The molecule has 0 saturated heterocycles. The van der Waals surface area contributed by atoms with E-state index in [2.05, 4.69) is 4.98 Å². The highest BCUT2D eigenvalue weighted by Crippen LogP contribution is 2.28. The molecule has 1 aromatic heterocycles. The van der Waals surface area contributed by atoms with Crippen LogP contribution in [0.4, 0.5) is 5.69 Å². The topological polar surface area (TPSA) is 89.7 Å². The van der Waals surface area contributed by atoms with Crippen molar-refractivity contribution in [1.82, 2.24) is 4.98 Å². The summed E-state index contributed by atoms with van der Waals surface area (Å²) in [4.78, 5) is 18.4. The van der Waals surface area contributed by atoms with E-state index < -0.39 is 21.5 Å². The van der Waals surface area contributed by atoms with Gasteiger partial charge in [-0.15, -0.1) is 0 Å². The van der Waals surface area contributed by atoms with Gasteiger partial charge in [-0.05, 0) is 42.3 Å². The molecule has 2 heterocycles. The van der Waals surface area contributed by atoms with Crippen molar-refractivity contribution in [2.24, 2.45) is 0 Å². The number of hydrogen-bond acceptors (Lipinski definition) is 6. The number of rotatable bonds is 6. The lowest BCUT2D eigenvalue weighted by Gasteiger charge is -2.17. The molecule has 2 aromatic carbocycles. The molecule has 0 unspecified atom stereocenters. The number of carbonyl (C=O) groups excluding carboxylic acids is 1. The van der Waals surface area contributed by atoms with Crippen LogP contribution >= 0.6 is 0 Å². The molecular weight excluding hydrogens is 392 g/mol. The largest absolute Gasteiger partial charge is 0.497 e. The summed E-state index contributed by atoms with van der Waals surface area (Å²) in [5.74, 6) is -0.323. The number of carbonyl (C=O) groups is 1. The Hall–Kier alpha value is -3.13. The number of oxazole rings is 1. The van der Waals surface area contributed by atoms with Gasteiger partial charge < -0.3 is 14.1 Å². The van der Waals surface area contributed by atoms with Crippen LogP contribution < -0.4 is 9.64 Å². The van der Waals surface area contributed by atoms with Crippen LogP contribution in [-0.2, 0) is 26.8 Å². The molecule has 0 N–H and O–H groups in total. The summed E-state index contributed by atoms with van der Waals surface area (Å²) in [7, 11) is -2.11. The van der Waals surface area contributed by atoms with E-state index >= 15 is 0 Å². The fraction of sp³-hybridized carbons (Fsp3) is 0.238. The average Bonchev–Trinajstić information content (AvgIpc) is 3.34. The number of nitrogens with zero attached hydrogens (tertiary/aromatic N) is 2. The fourth-order valence-corrected chi connectivity index (χ4v) is 4.60. The van der Waals surface area contributed by atoms with E-state index in [4.69, 9.17) is 9.15 Å². The normalized spacial score (nSPS) is 13.3. The van der Waals surface area contributed by atoms with Gasteiger partial charge in [0.1, 0.15) is 17.8 Å². The smallest absolute Gasteiger partial charge is 0.242 e. The minimum Gasteiger partial charge on any atom is -0.497 e. The standard InChI is InChI=1S/C21H20N2O5S/c1-27-18-8-6-16(7-9-18)21-22-17(12-28-21)13-29(25,26)14-20(24)23-11-10-15-4-2-3-5-19(15)23/h2-9,12H,10-11,13-14H2,1H3. The second kappa shape index (κ2) is 7.71. The first-order valence-electron chi connectivity index (χ1n) is 9.13. The second-order valence-corrected chi connectivity index (χ2v) is 8.89. The Bertz CT molecular complexity index is 1140. The summed E-state index contributed by atoms with van der Waals surface area (Å²) in [5, 5.41) is 0. The van der Waals surface area contributed by atoms with E-state index in [9.17, 15) is 13.2 Å². The molecule has 0 aliphatic carbocycles. The number of anilines is 1. The predicted octanol–water partition coefficient (Wildman–Crippen LogP) is 2.85. The number of hydrogen-bond donors (Lipinski definition) is 0. The Morgan fingerprint density at radius 2 is 1.93 bits per heavy atom. The van der Waals surface area contributed by atoms with Crippen molar-refractivity contribution in [3.8, 4) is 17.2 Å². The zero-order chi connectivity index (χ0) is 20.4. The van der Waals surface area contributed by atoms with Crippen LogP contribution in [0, 0.1) is 0 Å². The van der Waals surface area contributed by atoms with E-state index in [1.807, 2.05) is 24.3 Å². The third kappa shape index (κ3) is 4.17. The van der Waals surface area contributed by atoms with Crippen molar-refractivity contribution in [2.45, 2.75) is 12.2 Å². The molecule has 0 spiro atoms. The van der Waals surface area contributed by atoms with Gasteiger partial charge in [-0.2, -0.15) is 0 Å². The summed E-state index contributed by atoms with van der Waals surface area (Å²) in [6, 6.07) is 14.6. The zero-order valence-electron chi connectivity index (χ0n) is 15.9. The molecule has 150 valence electrons. The summed E-state index contributed by atoms with van der Waals surface area (Å²) < 4.78 is 35.6. The number of methoxy groups -OCH3 is 1. The molecule has 0 saturated carbocycles. The summed E-state index contributed by atoms with van der Waals surface area (Å²) in [6.07, 6.45) is 2.04. The fourth-order valence-electron chi connectivity index (χ4n) is 3.38. The Morgan fingerprint density at radius 1 is 1.17 bits per heavy atom. The van der Waals surface area contributed by atoms with Gasteiger partial charge in [0.2, 0.25) is 11.8 Å². The highest BCUT2D eigenvalue weighted by atomic mass is 32.2. The highest BCUT2D eigenvalue weighted by molar-refractivity contribution is 7.91. The molecule has 3 aromatic rings. The Labute approximate surface area is 168 Å². The molecule has 0 bridgehead atoms. The zero-order valence-corrected chi connectivity index (χ0v) is 16.7. The molecule has 7 nitrogen and oxygen atoms in total.